The van der Waals surface area contributed by atoms with E-state index in [1.807, 2.05) is 7.05 Å². The summed E-state index contributed by atoms with van der Waals surface area (Å²) in [6.45, 7) is 0.795. The highest BCUT2D eigenvalue weighted by atomic mass is 32.1. The molecule has 21 heavy (non-hydrogen) atoms. The van der Waals surface area contributed by atoms with Gasteiger partial charge in [0.05, 0.1) is 12.1 Å². The maximum atomic E-state index is 7.85. The molecule has 5 heteroatoms. The SMILES string of the molecule is CN(Cc1cccs1)c1nc2c(cc1C(=N)N)CCCC2. The van der Waals surface area contributed by atoms with Gasteiger partial charge >= 0.3 is 0 Å². The number of nitrogens with one attached hydrogen (secondary N) is 1. The number of nitrogens with zero attached hydrogens (tertiary/aromatic N) is 2. The molecule has 0 atom stereocenters. The van der Waals surface area contributed by atoms with Crippen molar-refractivity contribution in [3.8, 4) is 0 Å². The molecule has 2 aromatic rings. The predicted molar refractivity (Wildman–Crippen MR) is 88.3 cm³/mol. The van der Waals surface area contributed by atoms with Crippen LogP contribution >= 0.6 is 11.3 Å². The monoisotopic (exact) mass is 300 g/mol. The summed E-state index contributed by atoms with van der Waals surface area (Å²) in [5.41, 5.74) is 8.98. The van der Waals surface area contributed by atoms with Crippen molar-refractivity contribution in [3.05, 3.63) is 45.3 Å². The quantitative estimate of drug-likeness (QED) is 0.674. The number of hydrogen-bond donors (Lipinski definition) is 2. The van der Waals surface area contributed by atoms with Gasteiger partial charge in [0.15, 0.2) is 0 Å². The van der Waals surface area contributed by atoms with Crippen LogP contribution < -0.4 is 10.6 Å². The van der Waals surface area contributed by atoms with Gasteiger partial charge in [0, 0.05) is 17.6 Å². The van der Waals surface area contributed by atoms with E-state index in [0.717, 1.165) is 30.8 Å². The molecule has 0 spiro atoms. The van der Waals surface area contributed by atoms with Gasteiger partial charge in [0.1, 0.15) is 11.7 Å². The van der Waals surface area contributed by atoms with Gasteiger partial charge in [-0.15, -0.1) is 11.3 Å². The minimum Gasteiger partial charge on any atom is -0.384 e. The Morgan fingerprint density at radius 1 is 1.43 bits per heavy atom. The van der Waals surface area contributed by atoms with Crippen molar-refractivity contribution in [2.24, 2.45) is 5.73 Å². The van der Waals surface area contributed by atoms with Crippen molar-refractivity contribution < 1.29 is 0 Å². The highest BCUT2D eigenvalue weighted by molar-refractivity contribution is 7.09. The largest absolute Gasteiger partial charge is 0.384 e. The van der Waals surface area contributed by atoms with Crippen LogP contribution in [0, 0.1) is 5.41 Å². The first kappa shape index (κ1) is 14.1. The zero-order chi connectivity index (χ0) is 14.8. The number of hydrogen-bond acceptors (Lipinski definition) is 4. The maximum Gasteiger partial charge on any atom is 0.139 e. The molecule has 110 valence electrons. The average Bonchev–Trinajstić information content (AvgIpc) is 2.98. The number of nitrogen functional groups attached to an aromatic ring is 1. The molecule has 0 amide bonds. The molecule has 0 fully saturated rings. The lowest BCUT2D eigenvalue weighted by Gasteiger charge is -2.24. The van der Waals surface area contributed by atoms with Gasteiger partial charge in [0.25, 0.3) is 0 Å². The molecule has 1 aliphatic rings. The molecule has 4 nitrogen and oxygen atoms in total. The lowest BCUT2D eigenvalue weighted by Crippen LogP contribution is -2.24. The molecule has 0 aromatic carbocycles. The second-order valence-electron chi connectivity index (χ2n) is 5.52. The molecule has 0 unspecified atom stereocenters. The number of rotatable bonds is 4. The number of thiophene rings is 1. The van der Waals surface area contributed by atoms with Gasteiger partial charge in [-0.25, -0.2) is 4.98 Å². The molecular formula is C16H20N4S. The van der Waals surface area contributed by atoms with Gasteiger partial charge in [-0.3, -0.25) is 5.41 Å². The Morgan fingerprint density at radius 2 is 2.24 bits per heavy atom. The Hall–Kier alpha value is -1.88. The smallest absolute Gasteiger partial charge is 0.139 e. The number of amidine groups is 1. The fraction of sp³-hybridized carbons (Fsp3) is 0.375. The van der Waals surface area contributed by atoms with Crippen LogP contribution in [0.15, 0.2) is 23.6 Å². The molecule has 0 saturated heterocycles. The third-order valence-electron chi connectivity index (χ3n) is 3.91. The van der Waals surface area contributed by atoms with Gasteiger partial charge in [-0.2, -0.15) is 0 Å². The van der Waals surface area contributed by atoms with E-state index in [1.54, 1.807) is 11.3 Å². The number of fused-ring (bicyclic) bond motifs is 1. The third kappa shape index (κ3) is 2.93. The van der Waals surface area contributed by atoms with Crippen LogP contribution in [-0.2, 0) is 19.4 Å². The number of pyridine rings is 1. The normalized spacial score (nSPS) is 13.8. The van der Waals surface area contributed by atoms with E-state index in [0.29, 0.717) is 0 Å². The number of aryl methyl sites for hydroxylation is 2. The molecule has 1 aliphatic carbocycles. The van der Waals surface area contributed by atoms with Crippen molar-refractivity contribution in [1.82, 2.24) is 4.98 Å². The summed E-state index contributed by atoms with van der Waals surface area (Å²) >= 11 is 1.73. The lowest BCUT2D eigenvalue weighted by atomic mass is 9.94. The first-order valence-electron chi connectivity index (χ1n) is 7.26. The summed E-state index contributed by atoms with van der Waals surface area (Å²) in [5, 5.41) is 9.93. The predicted octanol–water partition coefficient (Wildman–Crippen LogP) is 2.94. The average molecular weight is 300 g/mol. The Balaban J connectivity index is 1.97. The van der Waals surface area contributed by atoms with E-state index in [1.165, 1.54) is 29.0 Å². The van der Waals surface area contributed by atoms with Crippen molar-refractivity contribution in [3.63, 3.8) is 0 Å². The van der Waals surface area contributed by atoms with E-state index < -0.39 is 0 Å². The van der Waals surface area contributed by atoms with Crippen LogP contribution in [0.1, 0.15) is 34.5 Å². The van der Waals surface area contributed by atoms with Crippen LogP contribution in [0.5, 0.6) is 0 Å². The lowest BCUT2D eigenvalue weighted by molar-refractivity contribution is 0.665. The molecule has 0 radical (unpaired) electrons. The Kier molecular flexibility index (Phi) is 3.92. The first-order valence-corrected chi connectivity index (χ1v) is 8.14. The molecule has 0 aliphatic heterocycles. The Morgan fingerprint density at radius 3 is 2.95 bits per heavy atom. The van der Waals surface area contributed by atoms with Gasteiger partial charge < -0.3 is 10.6 Å². The van der Waals surface area contributed by atoms with E-state index >= 15 is 0 Å². The highest BCUT2D eigenvalue weighted by Crippen LogP contribution is 2.27. The number of anilines is 1. The topological polar surface area (TPSA) is 66.0 Å². The van der Waals surface area contributed by atoms with E-state index in [4.69, 9.17) is 16.1 Å². The van der Waals surface area contributed by atoms with Crippen LogP contribution in [0.2, 0.25) is 0 Å². The summed E-state index contributed by atoms with van der Waals surface area (Å²) < 4.78 is 0. The van der Waals surface area contributed by atoms with Gasteiger partial charge in [0.2, 0.25) is 0 Å². The maximum absolute atomic E-state index is 7.85. The van der Waals surface area contributed by atoms with E-state index in [9.17, 15) is 0 Å². The van der Waals surface area contributed by atoms with E-state index in [-0.39, 0.29) is 5.84 Å². The standard InChI is InChI=1S/C16H20N4S/c1-20(10-12-6-4-8-21-12)16-13(15(17)18)9-11-5-2-3-7-14(11)19-16/h4,6,8-9H,2-3,5,7,10H2,1H3,(H3,17,18). The molecule has 3 N–H and O–H groups in total. The fourth-order valence-electron chi connectivity index (χ4n) is 2.82. The molecule has 2 aromatic heterocycles. The summed E-state index contributed by atoms with van der Waals surface area (Å²) in [7, 11) is 2.02. The second-order valence-corrected chi connectivity index (χ2v) is 6.55. The van der Waals surface area contributed by atoms with Gasteiger partial charge in [-0.1, -0.05) is 6.07 Å². The van der Waals surface area contributed by atoms with Crippen molar-refractivity contribution in [1.29, 1.82) is 5.41 Å². The summed E-state index contributed by atoms with van der Waals surface area (Å²) in [4.78, 5) is 8.20. The van der Waals surface area contributed by atoms with Crippen molar-refractivity contribution >= 4 is 23.0 Å². The molecule has 2 heterocycles. The van der Waals surface area contributed by atoms with Crippen LogP contribution in [0.4, 0.5) is 5.82 Å². The summed E-state index contributed by atoms with van der Waals surface area (Å²) in [6.07, 6.45) is 4.49. The second kappa shape index (κ2) is 5.85. The minimum absolute atomic E-state index is 0.101. The zero-order valence-electron chi connectivity index (χ0n) is 12.2. The minimum atomic E-state index is 0.101. The van der Waals surface area contributed by atoms with Crippen molar-refractivity contribution in [2.75, 3.05) is 11.9 Å². The Bertz CT molecular complexity index is 649. The molecule has 0 bridgehead atoms. The number of nitrogens with two attached hydrogens (primary N) is 1. The van der Waals surface area contributed by atoms with Gasteiger partial charge in [-0.05, 0) is 48.8 Å². The van der Waals surface area contributed by atoms with Crippen molar-refractivity contribution in [2.45, 2.75) is 32.2 Å². The highest BCUT2D eigenvalue weighted by Gasteiger charge is 2.19. The zero-order valence-corrected chi connectivity index (χ0v) is 13.0. The third-order valence-corrected chi connectivity index (χ3v) is 4.77. The molecule has 0 saturated carbocycles. The molecular weight excluding hydrogens is 280 g/mol. The van der Waals surface area contributed by atoms with Crippen LogP contribution in [0.25, 0.3) is 0 Å². The Labute approximate surface area is 129 Å². The number of aromatic nitrogens is 1. The van der Waals surface area contributed by atoms with Crippen LogP contribution in [0.3, 0.4) is 0 Å². The van der Waals surface area contributed by atoms with E-state index in [2.05, 4.69) is 28.5 Å². The van der Waals surface area contributed by atoms with Crippen LogP contribution in [-0.4, -0.2) is 17.9 Å². The first-order chi connectivity index (χ1) is 10.1. The fourth-order valence-corrected chi connectivity index (χ4v) is 3.58. The molecule has 3 rings (SSSR count). The summed E-state index contributed by atoms with van der Waals surface area (Å²) in [6, 6.07) is 6.25. The summed E-state index contributed by atoms with van der Waals surface area (Å²) in [5.74, 6) is 0.931.